The van der Waals surface area contributed by atoms with Crippen LogP contribution in [0.4, 0.5) is 0 Å². The Morgan fingerprint density at radius 2 is 2.26 bits per heavy atom. The number of pyridine rings is 1. The van der Waals surface area contributed by atoms with Crippen molar-refractivity contribution >= 4 is 17.2 Å². The number of thiophene rings is 1. The Labute approximate surface area is 137 Å². The molecule has 3 aromatic heterocycles. The second-order valence-electron chi connectivity index (χ2n) is 5.68. The highest BCUT2D eigenvalue weighted by Gasteiger charge is 2.53. The molecule has 1 aliphatic rings. The summed E-state index contributed by atoms with van der Waals surface area (Å²) in [5.41, 5.74) is 1.18. The van der Waals surface area contributed by atoms with E-state index in [0.717, 1.165) is 34.7 Å². The fraction of sp³-hybridized carbons (Fsp3) is 0.235. The van der Waals surface area contributed by atoms with Crippen LogP contribution in [-0.2, 0) is 16.8 Å². The minimum absolute atomic E-state index is 0.00684. The zero-order chi connectivity index (χ0) is 15.7. The van der Waals surface area contributed by atoms with Crippen molar-refractivity contribution in [2.24, 2.45) is 0 Å². The summed E-state index contributed by atoms with van der Waals surface area (Å²) in [7, 11) is 0. The van der Waals surface area contributed by atoms with Gasteiger partial charge in [0.1, 0.15) is 0 Å². The van der Waals surface area contributed by atoms with Gasteiger partial charge in [-0.25, -0.2) is 0 Å². The molecule has 1 saturated carbocycles. The van der Waals surface area contributed by atoms with Gasteiger partial charge in [-0.3, -0.25) is 9.78 Å². The first-order valence-corrected chi connectivity index (χ1v) is 8.34. The molecule has 0 saturated heterocycles. The molecule has 1 fully saturated rings. The first-order chi connectivity index (χ1) is 11.3. The van der Waals surface area contributed by atoms with Gasteiger partial charge in [-0.15, -0.1) is 11.3 Å². The highest BCUT2D eigenvalue weighted by Crippen LogP contribution is 2.48. The lowest BCUT2D eigenvalue weighted by Gasteiger charge is -2.12. The van der Waals surface area contributed by atoms with E-state index in [9.17, 15) is 4.79 Å². The minimum Gasteiger partial charge on any atom is -0.355 e. The second kappa shape index (κ2) is 5.62. The van der Waals surface area contributed by atoms with Gasteiger partial charge in [0, 0.05) is 25.0 Å². The number of aromatic nitrogens is 2. The van der Waals surface area contributed by atoms with Crippen LogP contribution in [0.5, 0.6) is 0 Å². The molecule has 0 unspecified atom stereocenters. The van der Waals surface area contributed by atoms with Crippen LogP contribution >= 0.6 is 11.3 Å². The number of carbonyl (C=O) groups excluding carboxylic acids is 1. The van der Waals surface area contributed by atoms with Crippen molar-refractivity contribution in [1.29, 1.82) is 0 Å². The topological polar surface area (TPSA) is 68.0 Å². The highest BCUT2D eigenvalue weighted by atomic mass is 32.1. The number of amides is 1. The summed E-state index contributed by atoms with van der Waals surface area (Å²) < 4.78 is 5.42. The van der Waals surface area contributed by atoms with Crippen LogP contribution in [0.2, 0.25) is 0 Å². The Morgan fingerprint density at radius 1 is 1.35 bits per heavy atom. The molecule has 3 aromatic rings. The quantitative estimate of drug-likeness (QED) is 0.782. The van der Waals surface area contributed by atoms with Gasteiger partial charge in [-0.1, -0.05) is 17.3 Å². The number of nitrogens with zero attached hydrogens (tertiary/aromatic N) is 2. The van der Waals surface area contributed by atoms with E-state index >= 15 is 0 Å². The van der Waals surface area contributed by atoms with Gasteiger partial charge < -0.3 is 9.84 Å². The van der Waals surface area contributed by atoms with Crippen molar-refractivity contribution < 1.29 is 9.32 Å². The molecule has 5 nitrogen and oxygen atoms in total. The third-order valence-corrected chi connectivity index (χ3v) is 5.01. The molecule has 116 valence electrons. The Hall–Kier alpha value is -2.47. The van der Waals surface area contributed by atoms with Gasteiger partial charge in [0.25, 0.3) is 0 Å². The van der Waals surface area contributed by atoms with Gasteiger partial charge in [-0.2, -0.15) is 0 Å². The monoisotopic (exact) mass is 325 g/mol. The summed E-state index contributed by atoms with van der Waals surface area (Å²) in [5.74, 6) is 0.730. The molecule has 0 bridgehead atoms. The van der Waals surface area contributed by atoms with E-state index in [1.165, 1.54) is 0 Å². The first-order valence-electron chi connectivity index (χ1n) is 7.46. The summed E-state index contributed by atoms with van der Waals surface area (Å²) in [5, 5.41) is 9.12. The summed E-state index contributed by atoms with van der Waals surface area (Å²) in [6.45, 7) is 0.476. The van der Waals surface area contributed by atoms with Crippen LogP contribution in [0.3, 0.4) is 0 Å². The van der Waals surface area contributed by atoms with Crippen LogP contribution in [0.15, 0.2) is 52.6 Å². The fourth-order valence-electron chi connectivity index (χ4n) is 2.61. The number of hydrogen-bond donors (Lipinski definition) is 1. The number of carbonyl (C=O) groups is 1. The van der Waals surface area contributed by atoms with E-state index in [-0.39, 0.29) is 5.91 Å². The van der Waals surface area contributed by atoms with Crippen molar-refractivity contribution in [3.63, 3.8) is 0 Å². The molecule has 0 spiro atoms. The molecule has 6 heteroatoms. The van der Waals surface area contributed by atoms with Crippen LogP contribution in [-0.4, -0.2) is 16.0 Å². The van der Waals surface area contributed by atoms with Gasteiger partial charge in [0.15, 0.2) is 5.76 Å². The number of nitrogens with one attached hydrogen (secondary N) is 1. The molecule has 0 atom stereocenters. The van der Waals surface area contributed by atoms with Gasteiger partial charge in [0.05, 0.1) is 16.0 Å². The maximum absolute atomic E-state index is 12.6. The van der Waals surface area contributed by atoms with E-state index < -0.39 is 5.41 Å². The molecule has 1 amide bonds. The molecule has 0 aromatic carbocycles. The molecular formula is C17H15N3O2S. The summed E-state index contributed by atoms with van der Waals surface area (Å²) in [4.78, 5) is 17.7. The van der Waals surface area contributed by atoms with Crippen molar-refractivity contribution in [3.8, 4) is 10.6 Å². The summed E-state index contributed by atoms with van der Waals surface area (Å²) >= 11 is 1.60. The third kappa shape index (κ3) is 2.66. The largest absolute Gasteiger partial charge is 0.355 e. The Bertz CT molecular complexity index is 808. The predicted molar refractivity (Wildman–Crippen MR) is 86.8 cm³/mol. The van der Waals surface area contributed by atoms with Crippen molar-refractivity contribution in [1.82, 2.24) is 15.5 Å². The number of hydrogen-bond acceptors (Lipinski definition) is 5. The SMILES string of the molecule is O=C(NCc1cccnc1)C1(c2cc(-c3cccs3)on2)CC1. The highest BCUT2D eigenvalue weighted by molar-refractivity contribution is 7.13. The van der Waals surface area contributed by atoms with Gasteiger partial charge in [-0.05, 0) is 35.9 Å². The summed E-state index contributed by atoms with van der Waals surface area (Å²) in [6.07, 6.45) is 5.09. The Kier molecular flexibility index (Phi) is 3.46. The molecule has 23 heavy (non-hydrogen) atoms. The van der Waals surface area contributed by atoms with E-state index in [4.69, 9.17) is 4.52 Å². The molecule has 0 radical (unpaired) electrons. The van der Waals surface area contributed by atoms with Crippen molar-refractivity contribution in [3.05, 3.63) is 59.4 Å². The average molecular weight is 325 g/mol. The van der Waals surface area contributed by atoms with Crippen LogP contribution in [0.1, 0.15) is 24.1 Å². The predicted octanol–water partition coefficient (Wildman–Crippen LogP) is 3.15. The molecule has 4 rings (SSSR count). The van der Waals surface area contributed by atoms with E-state index in [2.05, 4.69) is 15.5 Å². The third-order valence-electron chi connectivity index (χ3n) is 4.12. The van der Waals surface area contributed by atoms with Crippen molar-refractivity contribution in [2.45, 2.75) is 24.8 Å². The second-order valence-corrected chi connectivity index (χ2v) is 6.63. The smallest absolute Gasteiger partial charge is 0.232 e. The van der Waals surface area contributed by atoms with Gasteiger partial charge >= 0.3 is 0 Å². The van der Waals surface area contributed by atoms with E-state index in [1.807, 2.05) is 35.7 Å². The van der Waals surface area contributed by atoms with Crippen molar-refractivity contribution in [2.75, 3.05) is 0 Å². The lowest BCUT2D eigenvalue weighted by Crippen LogP contribution is -2.34. The minimum atomic E-state index is -0.527. The maximum atomic E-state index is 12.6. The number of rotatable bonds is 5. The Morgan fingerprint density at radius 3 is 2.96 bits per heavy atom. The van der Waals surface area contributed by atoms with Gasteiger partial charge in [0.2, 0.25) is 5.91 Å². The van der Waals surface area contributed by atoms with Crippen LogP contribution in [0, 0.1) is 0 Å². The van der Waals surface area contributed by atoms with E-state index in [1.54, 1.807) is 23.7 Å². The molecule has 0 aliphatic heterocycles. The molecule has 1 N–H and O–H groups in total. The lowest BCUT2D eigenvalue weighted by molar-refractivity contribution is -0.123. The zero-order valence-electron chi connectivity index (χ0n) is 12.4. The zero-order valence-corrected chi connectivity index (χ0v) is 13.2. The van der Waals surface area contributed by atoms with Crippen LogP contribution in [0.25, 0.3) is 10.6 Å². The standard InChI is InChI=1S/C17H15N3O2S/c21-16(19-11-12-3-1-7-18-10-12)17(5-6-17)15-9-13(22-20-15)14-4-2-8-23-14/h1-4,7-10H,5-6,11H2,(H,19,21). The molecule has 3 heterocycles. The molecular weight excluding hydrogens is 310 g/mol. The Balaban J connectivity index is 1.48. The fourth-order valence-corrected chi connectivity index (χ4v) is 3.29. The lowest BCUT2D eigenvalue weighted by atomic mass is 10.0. The summed E-state index contributed by atoms with van der Waals surface area (Å²) in [6, 6.07) is 9.65. The average Bonchev–Trinajstić information content (AvgIpc) is 3.02. The van der Waals surface area contributed by atoms with Crippen LogP contribution < -0.4 is 5.32 Å². The normalized spacial score (nSPS) is 15.3. The maximum Gasteiger partial charge on any atom is 0.232 e. The van der Waals surface area contributed by atoms with E-state index in [0.29, 0.717) is 6.54 Å². The molecule has 1 aliphatic carbocycles. The first kappa shape index (κ1) is 14.1.